The Labute approximate surface area is 109 Å². The Hall–Kier alpha value is -1.64. The van der Waals surface area contributed by atoms with Crippen molar-refractivity contribution >= 4 is 40.5 Å². The molecule has 4 nitrogen and oxygen atoms in total. The number of halogens is 1. The second kappa shape index (κ2) is 4.32. The third-order valence-electron chi connectivity index (χ3n) is 2.47. The maximum atomic E-state index is 11.8. The van der Waals surface area contributed by atoms with E-state index in [1.54, 1.807) is 25.1 Å². The molecule has 0 radical (unpaired) electrons. The van der Waals surface area contributed by atoms with Crippen molar-refractivity contribution in [3.63, 3.8) is 0 Å². The molecule has 86 valence electrons. The van der Waals surface area contributed by atoms with Gasteiger partial charge in [0.05, 0.1) is 16.3 Å². The molecular formula is C11H8ClN3OS. The second-order valence-corrected chi connectivity index (χ2v) is 4.41. The molecule has 1 heterocycles. The largest absolute Gasteiger partial charge is 0.350 e. The predicted octanol–water partition coefficient (Wildman–Crippen LogP) is 1.82. The van der Waals surface area contributed by atoms with Crippen LogP contribution in [0, 0.1) is 11.3 Å². The number of thiocarbonyl (C=S) groups is 1. The molecule has 1 aromatic rings. The molecule has 0 aromatic heterocycles. The van der Waals surface area contributed by atoms with Crippen LogP contribution in [0.3, 0.4) is 0 Å². The highest BCUT2D eigenvalue weighted by Gasteiger charge is 2.33. The molecule has 0 bridgehead atoms. The molecular weight excluding hydrogens is 258 g/mol. The molecule has 1 N–H and O–H groups in total. The van der Waals surface area contributed by atoms with Gasteiger partial charge in [-0.05, 0) is 37.3 Å². The normalized spacial score (nSPS) is 19.1. The number of carbonyl (C=O) groups excluding carboxylic acids is 1. The Morgan fingerprint density at radius 3 is 2.76 bits per heavy atom. The zero-order chi connectivity index (χ0) is 12.6. The Morgan fingerprint density at radius 2 is 2.29 bits per heavy atom. The first-order chi connectivity index (χ1) is 8.04. The number of carbonyl (C=O) groups is 1. The van der Waals surface area contributed by atoms with E-state index in [9.17, 15) is 4.79 Å². The van der Waals surface area contributed by atoms with Gasteiger partial charge in [-0.3, -0.25) is 9.69 Å². The number of rotatable bonds is 1. The Morgan fingerprint density at radius 1 is 1.59 bits per heavy atom. The van der Waals surface area contributed by atoms with Crippen LogP contribution < -0.4 is 10.2 Å². The van der Waals surface area contributed by atoms with Crippen LogP contribution in [0.1, 0.15) is 12.5 Å². The summed E-state index contributed by atoms with van der Waals surface area (Å²) in [6.07, 6.45) is 0. The average molecular weight is 266 g/mol. The standard InChI is InChI=1S/C11H8ClN3OS/c1-6-10(16)15(11(17)14-6)8-3-2-7(5-13)9(12)4-8/h2-4,6H,1H3,(H,14,17). The molecule has 1 aliphatic heterocycles. The van der Waals surface area contributed by atoms with E-state index in [4.69, 9.17) is 29.1 Å². The van der Waals surface area contributed by atoms with Crippen LogP contribution in [0.2, 0.25) is 5.02 Å². The zero-order valence-electron chi connectivity index (χ0n) is 8.90. The Kier molecular flexibility index (Phi) is 3.01. The maximum Gasteiger partial charge on any atom is 0.255 e. The van der Waals surface area contributed by atoms with Crippen LogP contribution in [0.25, 0.3) is 0 Å². The molecule has 1 aromatic carbocycles. The van der Waals surface area contributed by atoms with Gasteiger partial charge in [0, 0.05) is 0 Å². The summed E-state index contributed by atoms with van der Waals surface area (Å²) >= 11 is 11.0. The minimum atomic E-state index is -0.336. The van der Waals surface area contributed by atoms with Crippen molar-refractivity contribution < 1.29 is 4.79 Å². The molecule has 1 atom stereocenters. The van der Waals surface area contributed by atoms with Crippen molar-refractivity contribution in [2.24, 2.45) is 0 Å². The number of nitrogens with zero attached hydrogens (tertiary/aromatic N) is 2. The molecule has 6 heteroatoms. The lowest BCUT2D eigenvalue weighted by Gasteiger charge is -2.15. The van der Waals surface area contributed by atoms with Crippen molar-refractivity contribution in [3.8, 4) is 6.07 Å². The number of nitrogens with one attached hydrogen (secondary N) is 1. The monoisotopic (exact) mass is 265 g/mol. The van der Waals surface area contributed by atoms with E-state index in [0.29, 0.717) is 21.4 Å². The molecule has 2 rings (SSSR count). The van der Waals surface area contributed by atoms with E-state index in [-0.39, 0.29) is 11.9 Å². The first kappa shape index (κ1) is 11.8. The number of benzene rings is 1. The molecule has 1 aliphatic rings. The zero-order valence-corrected chi connectivity index (χ0v) is 10.5. The van der Waals surface area contributed by atoms with Crippen molar-refractivity contribution in [3.05, 3.63) is 28.8 Å². The third kappa shape index (κ3) is 1.97. The lowest BCUT2D eigenvalue weighted by Crippen LogP contribution is -2.30. The highest BCUT2D eigenvalue weighted by Crippen LogP contribution is 2.25. The topological polar surface area (TPSA) is 56.1 Å². The quantitative estimate of drug-likeness (QED) is 0.787. The maximum absolute atomic E-state index is 11.8. The molecule has 0 spiro atoms. The highest BCUT2D eigenvalue weighted by atomic mass is 35.5. The lowest BCUT2D eigenvalue weighted by molar-refractivity contribution is -0.117. The van der Waals surface area contributed by atoms with Crippen LogP contribution in [0.15, 0.2) is 18.2 Å². The summed E-state index contributed by atoms with van der Waals surface area (Å²) in [6.45, 7) is 1.74. The van der Waals surface area contributed by atoms with Crippen molar-refractivity contribution in [2.75, 3.05) is 4.90 Å². The van der Waals surface area contributed by atoms with Gasteiger partial charge in [0.2, 0.25) is 0 Å². The Bertz CT molecular complexity index is 552. The summed E-state index contributed by atoms with van der Waals surface area (Å²) < 4.78 is 0. The van der Waals surface area contributed by atoms with Crippen LogP contribution >= 0.6 is 23.8 Å². The van der Waals surface area contributed by atoms with Gasteiger partial charge >= 0.3 is 0 Å². The molecule has 17 heavy (non-hydrogen) atoms. The average Bonchev–Trinajstić information content (AvgIpc) is 2.53. The number of hydrogen-bond acceptors (Lipinski definition) is 3. The van der Waals surface area contributed by atoms with Crippen LogP contribution in [-0.2, 0) is 4.79 Å². The predicted molar refractivity (Wildman–Crippen MR) is 68.8 cm³/mol. The fourth-order valence-corrected chi connectivity index (χ4v) is 2.17. The summed E-state index contributed by atoms with van der Waals surface area (Å²) in [5.74, 6) is -0.129. The van der Waals surface area contributed by atoms with E-state index in [1.165, 1.54) is 4.90 Å². The number of amides is 1. The molecule has 0 saturated carbocycles. The number of hydrogen-bond donors (Lipinski definition) is 1. The van der Waals surface area contributed by atoms with Crippen LogP contribution in [0.4, 0.5) is 5.69 Å². The van der Waals surface area contributed by atoms with Gasteiger partial charge in [0.25, 0.3) is 5.91 Å². The number of anilines is 1. The fraction of sp³-hybridized carbons (Fsp3) is 0.182. The van der Waals surface area contributed by atoms with Gasteiger partial charge in [-0.2, -0.15) is 5.26 Å². The van der Waals surface area contributed by atoms with Gasteiger partial charge < -0.3 is 5.32 Å². The molecule has 0 aliphatic carbocycles. The first-order valence-corrected chi connectivity index (χ1v) is 5.67. The first-order valence-electron chi connectivity index (χ1n) is 4.88. The fourth-order valence-electron chi connectivity index (χ4n) is 1.58. The van der Waals surface area contributed by atoms with Gasteiger partial charge in [-0.1, -0.05) is 11.6 Å². The minimum absolute atomic E-state index is 0.129. The van der Waals surface area contributed by atoms with Crippen molar-refractivity contribution in [1.29, 1.82) is 5.26 Å². The Balaban J connectivity index is 2.42. The molecule has 1 fully saturated rings. The molecule has 1 saturated heterocycles. The second-order valence-electron chi connectivity index (χ2n) is 3.62. The van der Waals surface area contributed by atoms with Gasteiger partial charge in [-0.15, -0.1) is 0 Å². The lowest BCUT2D eigenvalue weighted by atomic mass is 10.2. The van der Waals surface area contributed by atoms with E-state index < -0.39 is 0 Å². The van der Waals surface area contributed by atoms with Crippen molar-refractivity contribution in [2.45, 2.75) is 13.0 Å². The van der Waals surface area contributed by atoms with Crippen LogP contribution in [-0.4, -0.2) is 17.1 Å². The number of nitriles is 1. The summed E-state index contributed by atoms with van der Waals surface area (Å²) in [5.41, 5.74) is 0.940. The van der Waals surface area contributed by atoms with E-state index >= 15 is 0 Å². The van der Waals surface area contributed by atoms with Gasteiger partial charge in [0.1, 0.15) is 12.1 Å². The van der Waals surface area contributed by atoms with E-state index in [0.717, 1.165) is 0 Å². The summed E-state index contributed by atoms with van der Waals surface area (Å²) in [7, 11) is 0. The van der Waals surface area contributed by atoms with E-state index in [1.807, 2.05) is 6.07 Å². The highest BCUT2D eigenvalue weighted by molar-refractivity contribution is 7.80. The SMILES string of the molecule is CC1NC(=S)N(c2ccc(C#N)c(Cl)c2)C1=O. The summed E-state index contributed by atoms with van der Waals surface area (Å²) in [5, 5.41) is 12.3. The summed E-state index contributed by atoms with van der Waals surface area (Å²) in [6, 6.07) is 6.40. The minimum Gasteiger partial charge on any atom is -0.350 e. The smallest absolute Gasteiger partial charge is 0.255 e. The molecule has 1 unspecified atom stereocenters. The van der Waals surface area contributed by atoms with Gasteiger partial charge in [-0.25, -0.2) is 0 Å². The third-order valence-corrected chi connectivity index (χ3v) is 3.08. The van der Waals surface area contributed by atoms with Gasteiger partial charge in [0.15, 0.2) is 5.11 Å². The van der Waals surface area contributed by atoms with Crippen LogP contribution in [0.5, 0.6) is 0 Å². The summed E-state index contributed by atoms with van der Waals surface area (Å²) in [4.78, 5) is 13.2. The van der Waals surface area contributed by atoms with E-state index in [2.05, 4.69) is 5.32 Å². The molecule has 1 amide bonds. The van der Waals surface area contributed by atoms with Crippen molar-refractivity contribution in [1.82, 2.24) is 5.32 Å².